The molecular weight excluding hydrogens is 553 g/mol. The Balaban J connectivity index is 0.000000230. The SMILES string of the molecule is Cc1coc(COC2CCCCO2)cc1=O.O=c1cc(COC2CCCCO2)occ1OS(=O)(=O)C(F)(F)F. The Bertz CT molecular complexity index is 1280. The molecule has 11 nitrogen and oxygen atoms in total. The third-order valence-corrected chi connectivity index (χ3v) is 6.47. The van der Waals surface area contributed by atoms with E-state index < -0.39 is 33.1 Å². The summed E-state index contributed by atoms with van der Waals surface area (Å²) in [7, 11) is -5.93. The fourth-order valence-electron chi connectivity index (χ4n) is 3.37. The van der Waals surface area contributed by atoms with Crippen molar-refractivity contribution < 1.29 is 53.6 Å². The monoisotopic (exact) mass is 582 g/mol. The second kappa shape index (κ2) is 14.1. The highest BCUT2D eigenvalue weighted by molar-refractivity contribution is 7.88. The van der Waals surface area contributed by atoms with Gasteiger partial charge in [-0.3, -0.25) is 9.59 Å². The van der Waals surface area contributed by atoms with Crippen molar-refractivity contribution in [3.63, 3.8) is 0 Å². The van der Waals surface area contributed by atoms with Gasteiger partial charge in [0.2, 0.25) is 11.2 Å². The first-order chi connectivity index (χ1) is 18.4. The molecule has 2 aromatic rings. The summed E-state index contributed by atoms with van der Waals surface area (Å²) in [5.74, 6) is -0.536. The van der Waals surface area contributed by atoms with E-state index in [9.17, 15) is 31.2 Å². The molecule has 0 aliphatic carbocycles. The molecule has 2 unspecified atom stereocenters. The zero-order chi connectivity index (χ0) is 28.5. The van der Waals surface area contributed by atoms with Crippen LogP contribution in [-0.4, -0.2) is 39.7 Å². The maximum absolute atomic E-state index is 12.2. The number of hydrogen-bond donors (Lipinski definition) is 0. The number of halogens is 3. The van der Waals surface area contributed by atoms with E-state index in [1.807, 2.05) is 0 Å². The van der Waals surface area contributed by atoms with E-state index in [0.717, 1.165) is 44.8 Å². The quantitative estimate of drug-likeness (QED) is 0.331. The van der Waals surface area contributed by atoms with Crippen LogP contribution >= 0.6 is 0 Å². The Morgan fingerprint density at radius 1 is 0.846 bits per heavy atom. The standard InChI is InChI=1S/C12H13F3O7S.C12H16O4/c13-12(14,15)23(17,18)22-10-7-20-8(5-9(10)16)6-21-11-3-1-2-4-19-11;1-9-7-15-10(6-11(9)13)8-16-12-4-2-3-5-14-12/h5,7,11H,1-4,6H2;6-7,12H,2-5,8H2,1H3. The molecule has 0 radical (unpaired) electrons. The minimum absolute atomic E-state index is 0.000861. The lowest BCUT2D eigenvalue weighted by molar-refractivity contribution is -0.171. The molecule has 0 amide bonds. The highest BCUT2D eigenvalue weighted by Crippen LogP contribution is 2.26. The third kappa shape index (κ3) is 9.76. The fraction of sp³-hybridized carbons (Fsp3) is 0.583. The molecular formula is C24H29F3O11S. The van der Waals surface area contributed by atoms with Crippen LogP contribution in [0.1, 0.15) is 55.6 Å². The van der Waals surface area contributed by atoms with Gasteiger partial charge in [0.15, 0.2) is 18.0 Å². The van der Waals surface area contributed by atoms with Crippen LogP contribution in [-0.2, 0) is 42.3 Å². The Labute approximate surface area is 221 Å². The molecule has 2 aliphatic heterocycles. The van der Waals surface area contributed by atoms with Crippen molar-refractivity contribution in [2.45, 2.75) is 76.8 Å². The second-order valence-electron chi connectivity index (χ2n) is 8.67. The molecule has 4 heterocycles. The number of hydrogen-bond acceptors (Lipinski definition) is 11. The van der Waals surface area contributed by atoms with E-state index in [2.05, 4.69) is 4.18 Å². The zero-order valence-corrected chi connectivity index (χ0v) is 21.9. The summed E-state index contributed by atoms with van der Waals surface area (Å²) < 4.78 is 93.5. The van der Waals surface area contributed by atoms with E-state index in [-0.39, 0.29) is 24.1 Å². The van der Waals surface area contributed by atoms with Crippen molar-refractivity contribution in [2.75, 3.05) is 13.2 Å². The Kier molecular flexibility index (Phi) is 11.1. The predicted molar refractivity (Wildman–Crippen MR) is 127 cm³/mol. The molecule has 0 bridgehead atoms. The van der Waals surface area contributed by atoms with Crippen LogP contribution in [0.5, 0.6) is 5.75 Å². The molecule has 0 saturated carbocycles. The van der Waals surface area contributed by atoms with Crippen LogP contribution in [0.3, 0.4) is 0 Å². The lowest BCUT2D eigenvalue weighted by Gasteiger charge is -2.22. The van der Waals surface area contributed by atoms with Gasteiger partial charge >= 0.3 is 15.6 Å². The summed E-state index contributed by atoms with van der Waals surface area (Å²) in [6, 6.07) is 2.27. The molecule has 0 aromatic carbocycles. The van der Waals surface area contributed by atoms with Gasteiger partial charge in [0.25, 0.3) is 0 Å². The summed E-state index contributed by atoms with van der Waals surface area (Å²) >= 11 is 0. The van der Waals surface area contributed by atoms with Crippen LogP contribution in [0.15, 0.2) is 43.1 Å². The summed E-state index contributed by atoms with van der Waals surface area (Å²) in [6.45, 7) is 3.17. The average Bonchev–Trinajstić information content (AvgIpc) is 2.90. The summed E-state index contributed by atoms with van der Waals surface area (Å²) in [5, 5.41) is 0. The first kappa shape index (κ1) is 30.8. The van der Waals surface area contributed by atoms with Crippen molar-refractivity contribution in [3.05, 3.63) is 62.2 Å². The Morgan fingerprint density at radius 2 is 1.36 bits per heavy atom. The molecule has 2 fully saturated rings. The van der Waals surface area contributed by atoms with Gasteiger partial charge in [0.05, 0.1) is 6.26 Å². The highest BCUT2D eigenvalue weighted by Gasteiger charge is 2.49. The lowest BCUT2D eigenvalue weighted by atomic mass is 10.2. The number of aryl methyl sites for hydroxylation is 1. The van der Waals surface area contributed by atoms with E-state index in [1.165, 1.54) is 12.3 Å². The second-order valence-corrected chi connectivity index (χ2v) is 10.2. The molecule has 0 spiro atoms. The fourth-order valence-corrected chi connectivity index (χ4v) is 3.82. The van der Waals surface area contributed by atoms with Crippen LogP contribution in [0, 0.1) is 6.92 Å². The maximum Gasteiger partial charge on any atom is 0.534 e. The van der Waals surface area contributed by atoms with E-state index in [0.29, 0.717) is 37.2 Å². The summed E-state index contributed by atoms with van der Waals surface area (Å²) in [6.07, 6.45) is 7.02. The largest absolute Gasteiger partial charge is 0.534 e. The molecule has 2 aliphatic rings. The normalized spacial score (nSPS) is 20.1. The molecule has 2 atom stereocenters. The van der Waals surface area contributed by atoms with Crippen LogP contribution in [0.25, 0.3) is 0 Å². The van der Waals surface area contributed by atoms with Crippen LogP contribution in [0.2, 0.25) is 0 Å². The molecule has 218 valence electrons. The first-order valence-electron chi connectivity index (χ1n) is 12.1. The van der Waals surface area contributed by atoms with Crippen molar-refractivity contribution in [1.82, 2.24) is 0 Å². The third-order valence-electron chi connectivity index (χ3n) is 5.50. The van der Waals surface area contributed by atoms with E-state index >= 15 is 0 Å². The smallest absolute Gasteiger partial charge is 0.466 e. The van der Waals surface area contributed by atoms with Gasteiger partial charge in [-0.2, -0.15) is 21.6 Å². The van der Waals surface area contributed by atoms with Gasteiger partial charge in [-0.1, -0.05) is 0 Å². The van der Waals surface area contributed by atoms with Gasteiger partial charge in [-0.25, -0.2) is 0 Å². The Morgan fingerprint density at radius 3 is 1.79 bits per heavy atom. The zero-order valence-electron chi connectivity index (χ0n) is 21.1. The van der Waals surface area contributed by atoms with Crippen molar-refractivity contribution >= 4 is 10.1 Å². The minimum atomic E-state index is -5.93. The van der Waals surface area contributed by atoms with Gasteiger partial charge in [-0.15, -0.1) is 0 Å². The van der Waals surface area contributed by atoms with Crippen molar-refractivity contribution in [1.29, 1.82) is 0 Å². The molecule has 0 N–H and O–H groups in total. The lowest BCUT2D eigenvalue weighted by Crippen LogP contribution is -2.29. The van der Waals surface area contributed by atoms with Gasteiger partial charge in [-0.05, 0) is 45.4 Å². The number of ether oxygens (including phenoxy) is 4. The number of rotatable bonds is 8. The van der Waals surface area contributed by atoms with Crippen LogP contribution in [0.4, 0.5) is 13.2 Å². The first-order valence-corrected chi connectivity index (χ1v) is 13.5. The maximum atomic E-state index is 12.2. The molecule has 15 heteroatoms. The number of alkyl halides is 3. The predicted octanol–water partition coefficient (Wildman–Crippen LogP) is 3.90. The summed E-state index contributed by atoms with van der Waals surface area (Å²) in [4.78, 5) is 22.9. The van der Waals surface area contributed by atoms with Crippen LogP contribution < -0.4 is 15.0 Å². The van der Waals surface area contributed by atoms with Gasteiger partial charge < -0.3 is 32.0 Å². The Hall–Kier alpha value is -2.72. The molecule has 4 rings (SSSR count). The average molecular weight is 583 g/mol. The molecule has 2 aromatic heterocycles. The van der Waals surface area contributed by atoms with Gasteiger partial charge in [0, 0.05) is 30.9 Å². The van der Waals surface area contributed by atoms with Crippen molar-refractivity contribution in [3.8, 4) is 5.75 Å². The van der Waals surface area contributed by atoms with E-state index in [1.54, 1.807) is 6.92 Å². The highest BCUT2D eigenvalue weighted by atomic mass is 32.2. The van der Waals surface area contributed by atoms with Gasteiger partial charge in [0.1, 0.15) is 31.0 Å². The summed E-state index contributed by atoms with van der Waals surface area (Å²) in [5.41, 5.74) is -6.13. The van der Waals surface area contributed by atoms with E-state index in [4.69, 9.17) is 27.8 Å². The topological polar surface area (TPSA) is 141 Å². The van der Waals surface area contributed by atoms with Crippen molar-refractivity contribution in [2.24, 2.45) is 0 Å². The molecule has 2 saturated heterocycles. The molecule has 39 heavy (non-hydrogen) atoms. The minimum Gasteiger partial charge on any atom is -0.466 e.